The van der Waals surface area contributed by atoms with Gasteiger partial charge in [0.1, 0.15) is 5.01 Å². The molecule has 0 atom stereocenters. The Bertz CT molecular complexity index is 611. The molecule has 5 heteroatoms. The zero-order valence-corrected chi connectivity index (χ0v) is 14.5. The van der Waals surface area contributed by atoms with Gasteiger partial charge in [0.05, 0.1) is 12.2 Å². The number of aromatic nitrogens is 1. The monoisotopic (exact) mass is 316 g/mol. The number of nitrogens with zero attached hydrogens (tertiary/aromatic N) is 2. The van der Waals surface area contributed by atoms with Crippen molar-refractivity contribution in [1.82, 2.24) is 15.6 Å². The molecule has 2 N–H and O–H groups in total. The number of nitrogens with one attached hydrogen (secondary N) is 2. The van der Waals surface area contributed by atoms with Gasteiger partial charge in [-0.05, 0) is 27.7 Å². The Hall–Kier alpha value is -1.88. The number of hydrogen-bond acceptors (Lipinski definition) is 3. The van der Waals surface area contributed by atoms with Gasteiger partial charge in [-0.15, -0.1) is 11.3 Å². The predicted octanol–water partition coefficient (Wildman–Crippen LogP) is 3.66. The average Bonchev–Trinajstić information content (AvgIpc) is 2.93. The number of hydrogen-bond donors (Lipinski definition) is 2. The van der Waals surface area contributed by atoms with Crippen molar-refractivity contribution >= 4 is 17.3 Å². The molecular weight excluding hydrogens is 292 g/mol. The van der Waals surface area contributed by atoms with Crippen LogP contribution in [0.2, 0.25) is 0 Å². The highest BCUT2D eigenvalue weighted by Gasteiger charge is 2.12. The van der Waals surface area contributed by atoms with Gasteiger partial charge in [0.25, 0.3) is 0 Å². The maximum absolute atomic E-state index is 4.66. The fourth-order valence-electron chi connectivity index (χ4n) is 1.92. The van der Waals surface area contributed by atoms with Crippen molar-refractivity contribution in [2.45, 2.75) is 39.8 Å². The molecule has 0 fully saturated rings. The summed E-state index contributed by atoms with van der Waals surface area (Å²) in [7, 11) is 0. The minimum atomic E-state index is -0.0156. The Kier molecular flexibility index (Phi) is 5.55. The summed E-state index contributed by atoms with van der Waals surface area (Å²) < 4.78 is 0. The lowest BCUT2D eigenvalue weighted by molar-refractivity contribution is 0.501. The zero-order chi connectivity index (χ0) is 16.0. The van der Waals surface area contributed by atoms with E-state index in [-0.39, 0.29) is 5.54 Å². The quantitative estimate of drug-likeness (QED) is 0.668. The first-order valence-electron chi connectivity index (χ1n) is 7.54. The van der Waals surface area contributed by atoms with Crippen LogP contribution in [0.4, 0.5) is 0 Å². The molecule has 0 saturated carbocycles. The van der Waals surface area contributed by atoms with Crippen molar-refractivity contribution in [3.8, 4) is 10.6 Å². The molecule has 22 heavy (non-hydrogen) atoms. The summed E-state index contributed by atoms with van der Waals surface area (Å²) in [6.07, 6.45) is 0. The third-order valence-corrected chi connectivity index (χ3v) is 3.75. The molecule has 1 aromatic heterocycles. The summed E-state index contributed by atoms with van der Waals surface area (Å²) in [5.74, 6) is 0.823. The van der Waals surface area contributed by atoms with E-state index >= 15 is 0 Å². The van der Waals surface area contributed by atoms with Crippen molar-refractivity contribution in [3.63, 3.8) is 0 Å². The third kappa shape index (κ3) is 5.15. The molecule has 0 radical (unpaired) electrons. The van der Waals surface area contributed by atoms with Crippen molar-refractivity contribution in [1.29, 1.82) is 0 Å². The lowest BCUT2D eigenvalue weighted by Crippen LogP contribution is -2.47. The van der Waals surface area contributed by atoms with Crippen LogP contribution in [-0.2, 0) is 6.54 Å². The minimum absolute atomic E-state index is 0.0156. The molecule has 1 aromatic carbocycles. The van der Waals surface area contributed by atoms with Gasteiger partial charge in [-0.25, -0.2) is 9.98 Å². The van der Waals surface area contributed by atoms with Gasteiger partial charge in [-0.1, -0.05) is 30.3 Å². The van der Waals surface area contributed by atoms with E-state index in [9.17, 15) is 0 Å². The van der Waals surface area contributed by atoms with E-state index in [1.165, 1.54) is 0 Å². The second-order valence-corrected chi connectivity index (χ2v) is 6.94. The van der Waals surface area contributed by atoms with E-state index in [2.05, 4.69) is 65.8 Å². The summed E-state index contributed by atoms with van der Waals surface area (Å²) in [5, 5.41) is 9.76. The number of guanidine groups is 1. The molecule has 0 aliphatic heterocycles. The van der Waals surface area contributed by atoms with Gasteiger partial charge in [0.15, 0.2) is 5.96 Å². The van der Waals surface area contributed by atoms with Crippen molar-refractivity contribution < 1.29 is 0 Å². The maximum atomic E-state index is 4.66. The number of thiazole rings is 1. The van der Waals surface area contributed by atoms with Crippen molar-refractivity contribution in [3.05, 3.63) is 41.4 Å². The van der Waals surface area contributed by atoms with Crippen molar-refractivity contribution in [2.24, 2.45) is 4.99 Å². The lowest BCUT2D eigenvalue weighted by atomic mass is 10.1. The molecule has 0 bridgehead atoms. The van der Waals surface area contributed by atoms with Gasteiger partial charge in [-0.2, -0.15) is 0 Å². The summed E-state index contributed by atoms with van der Waals surface area (Å²) in [5.41, 5.74) is 2.13. The highest BCUT2D eigenvalue weighted by molar-refractivity contribution is 7.13. The largest absolute Gasteiger partial charge is 0.357 e. The van der Waals surface area contributed by atoms with Crippen LogP contribution in [0.3, 0.4) is 0 Å². The molecule has 0 aliphatic carbocycles. The van der Waals surface area contributed by atoms with Crippen LogP contribution in [0, 0.1) is 0 Å². The molecule has 2 aromatic rings. The molecule has 0 aliphatic rings. The second kappa shape index (κ2) is 7.40. The summed E-state index contributed by atoms with van der Waals surface area (Å²) in [6.45, 7) is 9.85. The standard InChI is InChI=1S/C17H24N4S/c1-5-18-16(21-17(2,3)4)19-11-14-12-22-15(20-14)13-9-7-6-8-10-13/h6-10,12H,5,11H2,1-4H3,(H2,18,19,21). The molecule has 4 nitrogen and oxygen atoms in total. The van der Waals surface area contributed by atoms with E-state index in [1.54, 1.807) is 11.3 Å². The summed E-state index contributed by atoms with van der Waals surface area (Å²) in [4.78, 5) is 9.28. The molecule has 118 valence electrons. The molecule has 2 rings (SSSR count). The molecule has 0 spiro atoms. The van der Waals surface area contributed by atoms with Crippen LogP contribution in [0.1, 0.15) is 33.4 Å². The number of rotatable bonds is 4. The van der Waals surface area contributed by atoms with Crippen LogP contribution in [-0.4, -0.2) is 23.0 Å². The van der Waals surface area contributed by atoms with E-state index in [1.807, 2.05) is 18.2 Å². The molecule has 1 heterocycles. The average molecular weight is 316 g/mol. The molecular formula is C17H24N4S. The van der Waals surface area contributed by atoms with Crippen molar-refractivity contribution in [2.75, 3.05) is 6.54 Å². The SMILES string of the molecule is CCNC(=NCc1csc(-c2ccccc2)n1)NC(C)(C)C. The fourth-order valence-corrected chi connectivity index (χ4v) is 2.73. The summed E-state index contributed by atoms with van der Waals surface area (Å²) in [6, 6.07) is 10.2. The topological polar surface area (TPSA) is 49.3 Å². The van der Waals surface area contributed by atoms with Crippen LogP contribution in [0.15, 0.2) is 40.7 Å². The Balaban J connectivity index is 2.06. The Morgan fingerprint density at radius 1 is 1.23 bits per heavy atom. The van der Waals surface area contributed by atoms with Gasteiger partial charge < -0.3 is 10.6 Å². The van der Waals surface area contributed by atoms with E-state index < -0.39 is 0 Å². The van der Waals surface area contributed by atoms with Gasteiger partial charge in [0.2, 0.25) is 0 Å². The number of aliphatic imine (C=N–C) groups is 1. The van der Waals surface area contributed by atoms with E-state index in [0.29, 0.717) is 6.54 Å². The number of benzene rings is 1. The molecule has 0 saturated heterocycles. The van der Waals surface area contributed by atoms with Gasteiger partial charge in [-0.3, -0.25) is 0 Å². The zero-order valence-electron chi connectivity index (χ0n) is 13.7. The first kappa shape index (κ1) is 16.5. The Morgan fingerprint density at radius 3 is 2.59 bits per heavy atom. The van der Waals surface area contributed by atoms with E-state index in [0.717, 1.165) is 28.8 Å². The Labute approximate surface area is 136 Å². The third-order valence-electron chi connectivity index (χ3n) is 2.81. The van der Waals surface area contributed by atoms with Crippen LogP contribution in [0.25, 0.3) is 10.6 Å². The second-order valence-electron chi connectivity index (χ2n) is 6.08. The minimum Gasteiger partial charge on any atom is -0.357 e. The predicted molar refractivity (Wildman–Crippen MR) is 95.3 cm³/mol. The Morgan fingerprint density at radius 2 is 1.95 bits per heavy atom. The lowest BCUT2D eigenvalue weighted by Gasteiger charge is -2.23. The smallest absolute Gasteiger partial charge is 0.192 e. The van der Waals surface area contributed by atoms with Gasteiger partial charge in [0, 0.05) is 23.0 Å². The van der Waals surface area contributed by atoms with Crippen LogP contribution >= 0.6 is 11.3 Å². The van der Waals surface area contributed by atoms with Crippen LogP contribution in [0.5, 0.6) is 0 Å². The summed E-state index contributed by atoms with van der Waals surface area (Å²) >= 11 is 1.66. The molecule has 0 unspecified atom stereocenters. The normalized spacial score (nSPS) is 12.3. The van der Waals surface area contributed by atoms with E-state index in [4.69, 9.17) is 0 Å². The fraction of sp³-hybridized carbons (Fsp3) is 0.412. The maximum Gasteiger partial charge on any atom is 0.192 e. The van der Waals surface area contributed by atoms with Crippen LogP contribution < -0.4 is 10.6 Å². The van der Waals surface area contributed by atoms with Gasteiger partial charge >= 0.3 is 0 Å². The molecule has 0 amide bonds. The first-order chi connectivity index (χ1) is 10.5. The highest BCUT2D eigenvalue weighted by Crippen LogP contribution is 2.23. The first-order valence-corrected chi connectivity index (χ1v) is 8.42. The highest BCUT2D eigenvalue weighted by atomic mass is 32.1.